The molecule has 22 heavy (non-hydrogen) atoms. The first kappa shape index (κ1) is 15.9. The molecule has 0 amide bonds. The second-order valence-corrected chi connectivity index (χ2v) is 5.88. The van der Waals surface area contributed by atoms with Crippen LogP contribution in [0.3, 0.4) is 0 Å². The number of benzene rings is 2. The topological polar surface area (TPSA) is 81.1 Å². The van der Waals surface area contributed by atoms with Crippen LogP contribution in [-0.4, -0.2) is 21.2 Å². The Hall–Kier alpha value is -2.49. The number of carbonyl (C=O) groups is 1. The van der Waals surface area contributed by atoms with E-state index in [1.165, 1.54) is 0 Å². The van der Waals surface area contributed by atoms with Crippen LogP contribution in [0.2, 0.25) is 0 Å². The van der Waals surface area contributed by atoms with Crippen LogP contribution in [0.5, 0.6) is 0 Å². The lowest BCUT2D eigenvalue weighted by Gasteiger charge is -2.13. The van der Waals surface area contributed by atoms with Crippen LogP contribution in [0.4, 0.5) is 5.69 Å². The minimum Gasteiger partial charge on any atom is -0.399 e. The quantitative estimate of drug-likeness (QED) is 0.568. The van der Waals surface area contributed by atoms with Crippen molar-refractivity contribution in [3.63, 3.8) is 0 Å². The minimum atomic E-state index is -1.47. The van der Waals surface area contributed by atoms with Crippen LogP contribution in [0.1, 0.15) is 0 Å². The molecular weight excluding hydrogens is 297 g/mol. The monoisotopic (exact) mass is 313 g/mol. The third-order valence-electron chi connectivity index (χ3n) is 2.98. The highest BCUT2D eigenvalue weighted by Gasteiger charge is 2.17. The lowest BCUT2D eigenvalue weighted by Crippen LogP contribution is -2.20. The lowest BCUT2D eigenvalue weighted by molar-refractivity contribution is -0.0979. The van der Waals surface area contributed by atoms with E-state index in [9.17, 15) is 4.89 Å². The Morgan fingerprint density at radius 2 is 1.68 bits per heavy atom. The third-order valence-corrected chi connectivity index (χ3v) is 4.48. The summed E-state index contributed by atoms with van der Waals surface area (Å²) in [6, 6.07) is 17.1. The molecule has 3 aromatic rings. The number of anilines is 1. The number of carbonyl (C=O) groups excluding carboxylic acids is 1. The van der Waals surface area contributed by atoms with Gasteiger partial charge in [0.2, 0.25) is 0 Å². The minimum absolute atomic E-state index is 0.649. The number of hydrogen-bond donors (Lipinski definition) is 2. The Bertz CT molecular complexity index is 714. The van der Waals surface area contributed by atoms with Crippen molar-refractivity contribution in [1.82, 2.24) is 9.55 Å². The van der Waals surface area contributed by atoms with Crippen LogP contribution in [0, 0.1) is 0 Å². The molecule has 0 radical (unpaired) electrons. The van der Waals surface area contributed by atoms with Gasteiger partial charge in [0, 0.05) is 29.1 Å². The largest absolute Gasteiger partial charge is 0.399 e. The summed E-state index contributed by atoms with van der Waals surface area (Å²) in [7, 11) is -1.47. The highest BCUT2D eigenvalue weighted by Crippen LogP contribution is 2.27. The molecule has 0 spiro atoms. The first-order valence-electron chi connectivity index (χ1n) is 6.48. The molecule has 3 rings (SSSR count). The molecule has 1 aromatic heterocycles. The molecule has 0 aliphatic heterocycles. The molecule has 5 nitrogen and oxygen atoms in total. The van der Waals surface area contributed by atoms with Gasteiger partial charge in [-0.15, -0.1) is 0 Å². The number of hydrogen-bond acceptors (Lipinski definition) is 4. The molecule has 0 saturated carbocycles. The summed E-state index contributed by atoms with van der Waals surface area (Å²) >= 11 is 0. The maximum absolute atomic E-state index is 10.5. The average Bonchev–Trinajstić information content (AvgIpc) is 3.07. The summed E-state index contributed by atoms with van der Waals surface area (Å²) in [5.41, 5.74) is 7.99. The van der Waals surface area contributed by atoms with Gasteiger partial charge < -0.3 is 15.4 Å². The smallest absolute Gasteiger partial charge is 0.168 e. The van der Waals surface area contributed by atoms with Crippen molar-refractivity contribution in [2.75, 3.05) is 5.73 Å². The Balaban J connectivity index is 0.000000847. The molecule has 3 N–H and O–H groups in total. The maximum atomic E-state index is 10.5. The molecule has 2 aromatic carbocycles. The molecule has 1 heterocycles. The van der Waals surface area contributed by atoms with Gasteiger partial charge >= 0.3 is 0 Å². The summed E-state index contributed by atoms with van der Waals surface area (Å²) in [6.07, 6.45) is 3.54. The van der Waals surface area contributed by atoms with Crippen LogP contribution in [0.25, 0.3) is 5.69 Å². The predicted molar refractivity (Wildman–Crippen MR) is 89.9 cm³/mol. The van der Waals surface area contributed by atoms with Crippen LogP contribution in [-0.2, 0) is 4.79 Å². The summed E-state index contributed by atoms with van der Waals surface area (Å²) in [4.78, 5) is 22.8. The molecule has 1 unspecified atom stereocenters. The standard InChI is InChI=1S/C15H14N3OP.CH2O/c16-12-6-8-13(9-7-12)18-11-10-17-15(18)20(19)14-4-2-1-3-5-14;1-2/h1-11,19H,16H2;1H2. The van der Waals surface area contributed by atoms with E-state index in [2.05, 4.69) is 4.98 Å². The fourth-order valence-corrected chi connectivity index (χ4v) is 3.22. The van der Waals surface area contributed by atoms with Gasteiger partial charge in [-0.05, 0) is 24.3 Å². The molecule has 6 heteroatoms. The van der Waals surface area contributed by atoms with Crippen LogP contribution < -0.4 is 16.6 Å². The van der Waals surface area contributed by atoms with E-state index in [1.807, 2.05) is 72.2 Å². The zero-order chi connectivity index (χ0) is 15.9. The number of rotatable bonds is 3. The third kappa shape index (κ3) is 3.39. The van der Waals surface area contributed by atoms with E-state index >= 15 is 0 Å². The Kier molecular flexibility index (Phi) is 5.42. The molecule has 112 valence electrons. The molecular formula is C16H16N3O2P. The number of nitrogens with two attached hydrogens (primary N) is 1. The van der Waals surface area contributed by atoms with Crippen molar-refractivity contribution in [2.45, 2.75) is 0 Å². The Morgan fingerprint density at radius 3 is 2.32 bits per heavy atom. The summed E-state index contributed by atoms with van der Waals surface area (Å²) in [5.74, 6) is 0. The van der Waals surface area contributed by atoms with Crippen molar-refractivity contribution >= 4 is 31.5 Å². The van der Waals surface area contributed by atoms with Crippen LogP contribution >= 0.6 is 8.15 Å². The van der Waals surface area contributed by atoms with Gasteiger partial charge in [-0.2, -0.15) is 0 Å². The highest BCUT2D eigenvalue weighted by molar-refractivity contribution is 7.67. The summed E-state index contributed by atoms with van der Waals surface area (Å²) in [5, 5.41) is 0.880. The zero-order valence-electron chi connectivity index (χ0n) is 11.8. The van der Waals surface area contributed by atoms with Gasteiger partial charge in [0.1, 0.15) is 14.9 Å². The van der Waals surface area contributed by atoms with Gasteiger partial charge in [-0.3, -0.25) is 4.57 Å². The lowest BCUT2D eigenvalue weighted by atomic mass is 10.3. The van der Waals surface area contributed by atoms with E-state index in [1.54, 1.807) is 6.20 Å². The Morgan fingerprint density at radius 1 is 1.05 bits per heavy atom. The second kappa shape index (κ2) is 7.50. The molecule has 0 fully saturated rings. The van der Waals surface area contributed by atoms with Crippen molar-refractivity contribution in [1.29, 1.82) is 0 Å². The number of aromatic nitrogens is 2. The highest BCUT2D eigenvalue weighted by atomic mass is 31.1. The number of imidazole rings is 1. The maximum Gasteiger partial charge on any atom is 0.168 e. The number of nitrogens with zero attached hydrogens (tertiary/aromatic N) is 2. The molecule has 0 aliphatic carbocycles. The van der Waals surface area contributed by atoms with E-state index in [4.69, 9.17) is 10.5 Å². The fraction of sp³-hybridized carbons (Fsp3) is 0. The van der Waals surface area contributed by atoms with E-state index in [0.717, 1.165) is 11.0 Å². The van der Waals surface area contributed by atoms with Crippen molar-refractivity contribution < 1.29 is 9.69 Å². The van der Waals surface area contributed by atoms with Gasteiger partial charge in [0.15, 0.2) is 5.57 Å². The SMILES string of the molecule is C=O.Nc1ccc(-n2ccnc2P(O)c2ccccc2)cc1. The van der Waals surface area contributed by atoms with E-state index in [-0.39, 0.29) is 0 Å². The fourth-order valence-electron chi connectivity index (χ4n) is 1.97. The first-order chi connectivity index (χ1) is 10.8. The predicted octanol–water partition coefficient (Wildman–Crippen LogP) is 1.61. The van der Waals surface area contributed by atoms with Gasteiger partial charge in [0.25, 0.3) is 0 Å². The first-order valence-corrected chi connectivity index (χ1v) is 7.77. The normalized spacial score (nSPS) is 11.3. The van der Waals surface area contributed by atoms with Crippen molar-refractivity contribution in [2.24, 2.45) is 0 Å². The van der Waals surface area contributed by atoms with E-state index in [0.29, 0.717) is 11.3 Å². The van der Waals surface area contributed by atoms with Gasteiger partial charge in [0.05, 0.1) is 0 Å². The van der Waals surface area contributed by atoms with E-state index < -0.39 is 8.15 Å². The molecule has 0 aliphatic rings. The van der Waals surface area contributed by atoms with Gasteiger partial charge in [-0.1, -0.05) is 30.3 Å². The van der Waals surface area contributed by atoms with Gasteiger partial charge in [-0.25, -0.2) is 4.98 Å². The average molecular weight is 313 g/mol. The summed E-state index contributed by atoms with van der Waals surface area (Å²) < 4.78 is 1.89. The van der Waals surface area contributed by atoms with Crippen molar-refractivity contribution in [3.05, 3.63) is 67.0 Å². The summed E-state index contributed by atoms with van der Waals surface area (Å²) in [6.45, 7) is 2.00. The van der Waals surface area contributed by atoms with Crippen molar-refractivity contribution in [3.8, 4) is 5.69 Å². The van der Waals surface area contributed by atoms with Crippen LogP contribution in [0.15, 0.2) is 67.0 Å². The zero-order valence-corrected chi connectivity index (χ0v) is 12.7. The second-order valence-electron chi connectivity index (χ2n) is 4.34. The molecule has 1 atom stereocenters. The molecule has 0 saturated heterocycles. The molecule has 0 bridgehead atoms. The number of nitrogen functional groups attached to an aromatic ring is 1. The Labute approximate surface area is 129 Å².